The number of anilines is 2. The van der Waals surface area contributed by atoms with Gasteiger partial charge in [-0.3, -0.25) is 4.79 Å². The number of thiophene rings is 1. The summed E-state index contributed by atoms with van der Waals surface area (Å²) in [6, 6.07) is 19.0. The van der Waals surface area contributed by atoms with Gasteiger partial charge in [0.1, 0.15) is 15.5 Å². The summed E-state index contributed by atoms with van der Waals surface area (Å²) in [6.45, 7) is 2.26. The average molecular weight is 430 g/mol. The standard InChI is InChI=1S/C25H23N3O2S/c1-15-11-12-19-16(13-15)14-18-22(26)23(31-25(18)28-19)24(29)27-20-9-5-6-10-21(20)30-17-7-3-2-4-8-17/h2-10,14-15H,11-13,26H2,1H3,(H,27,29). The number of hydrogen-bond donors (Lipinski definition) is 2. The molecular weight excluding hydrogens is 406 g/mol. The Morgan fingerprint density at radius 2 is 1.94 bits per heavy atom. The highest BCUT2D eigenvalue weighted by Crippen LogP contribution is 2.37. The molecule has 3 N–H and O–H groups in total. The highest BCUT2D eigenvalue weighted by molar-refractivity contribution is 7.21. The number of fused-ring (bicyclic) bond motifs is 2. The van der Waals surface area contributed by atoms with Gasteiger partial charge in [0.05, 0.1) is 11.4 Å². The number of nitrogen functional groups attached to an aromatic ring is 1. The van der Waals surface area contributed by atoms with Gasteiger partial charge in [-0.05, 0) is 61.1 Å². The number of aromatic nitrogens is 1. The van der Waals surface area contributed by atoms with Gasteiger partial charge in [-0.15, -0.1) is 11.3 Å². The van der Waals surface area contributed by atoms with Gasteiger partial charge in [-0.1, -0.05) is 37.3 Å². The first-order valence-corrected chi connectivity index (χ1v) is 11.2. The van der Waals surface area contributed by atoms with Gasteiger partial charge in [0.25, 0.3) is 5.91 Å². The lowest BCUT2D eigenvalue weighted by molar-refractivity contribution is 0.103. The third-order valence-electron chi connectivity index (χ3n) is 5.64. The van der Waals surface area contributed by atoms with Crippen LogP contribution in [0, 0.1) is 5.92 Å². The maximum atomic E-state index is 13.1. The molecule has 6 heteroatoms. The number of nitrogens with two attached hydrogens (primary N) is 1. The minimum absolute atomic E-state index is 0.254. The Morgan fingerprint density at radius 1 is 1.16 bits per heavy atom. The van der Waals surface area contributed by atoms with Crippen molar-refractivity contribution in [2.45, 2.75) is 26.2 Å². The molecule has 1 aliphatic rings. The number of hydrogen-bond acceptors (Lipinski definition) is 5. The molecule has 4 aromatic rings. The van der Waals surface area contributed by atoms with Gasteiger partial charge in [-0.25, -0.2) is 4.98 Å². The molecule has 0 fully saturated rings. The number of pyridine rings is 1. The molecule has 5 rings (SSSR count). The zero-order valence-electron chi connectivity index (χ0n) is 17.2. The van der Waals surface area contributed by atoms with E-state index in [4.69, 9.17) is 15.5 Å². The van der Waals surface area contributed by atoms with Crippen LogP contribution in [0.25, 0.3) is 10.2 Å². The molecule has 0 spiro atoms. The van der Waals surface area contributed by atoms with Gasteiger partial charge in [-0.2, -0.15) is 0 Å². The molecule has 31 heavy (non-hydrogen) atoms. The van der Waals surface area contributed by atoms with Crippen molar-refractivity contribution in [3.63, 3.8) is 0 Å². The van der Waals surface area contributed by atoms with Gasteiger partial charge in [0.15, 0.2) is 5.75 Å². The van der Waals surface area contributed by atoms with Crippen molar-refractivity contribution in [2.24, 2.45) is 5.92 Å². The fourth-order valence-electron chi connectivity index (χ4n) is 3.99. The van der Waals surface area contributed by atoms with Crippen LogP contribution in [0.1, 0.15) is 34.3 Å². The topological polar surface area (TPSA) is 77.2 Å². The lowest BCUT2D eigenvalue weighted by Gasteiger charge is -2.20. The van der Waals surface area contributed by atoms with Crippen LogP contribution in [0.5, 0.6) is 11.5 Å². The number of para-hydroxylation sites is 3. The zero-order valence-corrected chi connectivity index (χ0v) is 18.0. The third kappa shape index (κ3) is 3.86. The van der Waals surface area contributed by atoms with E-state index in [-0.39, 0.29) is 5.91 Å². The van der Waals surface area contributed by atoms with Gasteiger partial charge in [0, 0.05) is 11.1 Å². The molecule has 2 heterocycles. The Hall–Kier alpha value is -3.38. The summed E-state index contributed by atoms with van der Waals surface area (Å²) in [5.41, 5.74) is 9.88. The van der Waals surface area contributed by atoms with Crippen molar-refractivity contribution in [2.75, 3.05) is 11.1 Å². The molecule has 0 saturated carbocycles. The lowest BCUT2D eigenvalue weighted by Crippen LogP contribution is -2.13. The van der Waals surface area contributed by atoms with Crippen LogP contribution < -0.4 is 15.8 Å². The summed E-state index contributed by atoms with van der Waals surface area (Å²) < 4.78 is 5.96. The molecule has 1 unspecified atom stereocenters. The normalized spacial score (nSPS) is 15.5. The fourth-order valence-corrected chi connectivity index (χ4v) is 4.99. The van der Waals surface area contributed by atoms with Crippen molar-refractivity contribution < 1.29 is 9.53 Å². The molecule has 156 valence electrons. The van der Waals surface area contributed by atoms with E-state index in [1.165, 1.54) is 16.9 Å². The minimum Gasteiger partial charge on any atom is -0.455 e. The van der Waals surface area contributed by atoms with Gasteiger partial charge >= 0.3 is 0 Å². The number of carbonyl (C=O) groups excluding carboxylic acids is 1. The number of carbonyl (C=O) groups is 1. The Balaban J connectivity index is 1.44. The zero-order chi connectivity index (χ0) is 21.4. The van der Waals surface area contributed by atoms with E-state index in [1.54, 1.807) is 0 Å². The van der Waals surface area contributed by atoms with Crippen LogP contribution in [0.2, 0.25) is 0 Å². The second-order valence-corrected chi connectivity index (χ2v) is 9.00. The Kier molecular flexibility index (Phi) is 5.08. The highest BCUT2D eigenvalue weighted by atomic mass is 32.1. The van der Waals surface area contributed by atoms with Crippen molar-refractivity contribution in [3.8, 4) is 11.5 Å². The summed E-state index contributed by atoms with van der Waals surface area (Å²) in [5.74, 6) is 1.67. The molecule has 0 bridgehead atoms. The number of benzene rings is 2. The number of aryl methyl sites for hydroxylation is 1. The van der Waals surface area contributed by atoms with Crippen LogP contribution in [0.15, 0.2) is 60.7 Å². The number of rotatable bonds is 4. The maximum absolute atomic E-state index is 13.1. The maximum Gasteiger partial charge on any atom is 0.268 e. The molecule has 2 aromatic carbocycles. The molecule has 2 aromatic heterocycles. The molecule has 1 amide bonds. The SMILES string of the molecule is CC1CCc2nc3sc(C(=O)Nc4ccccc4Oc4ccccc4)c(N)c3cc2C1. The Bertz CT molecular complexity index is 1270. The van der Waals surface area contributed by atoms with E-state index in [0.717, 1.165) is 35.2 Å². The van der Waals surface area contributed by atoms with Crippen LogP contribution in [-0.2, 0) is 12.8 Å². The first-order valence-electron chi connectivity index (χ1n) is 10.4. The number of amides is 1. The van der Waals surface area contributed by atoms with Gasteiger partial charge < -0.3 is 15.8 Å². The average Bonchev–Trinajstić information content (AvgIpc) is 3.10. The molecular formula is C25H23N3O2S. The predicted octanol–water partition coefficient (Wildman–Crippen LogP) is 6.05. The summed E-state index contributed by atoms with van der Waals surface area (Å²) in [4.78, 5) is 19.2. The van der Waals surface area contributed by atoms with Crippen LogP contribution in [-0.4, -0.2) is 10.9 Å². The molecule has 0 saturated heterocycles. The van der Waals surface area contributed by atoms with Crippen LogP contribution >= 0.6 is 11.3 Å². The summed E-state index contributed by atoms with van der Waals surface area (Å²) in [7, 11) is 0. The Morgan fingerprint density at radius 3 is 2.77 bits per heavy atom. The van der Waals surface area contributed by atoms with Crippen LogP contribution in [0.3, 0.4) is 0 Å². The van der Waals surface area contributed by atoms with Gasteiger partial charge in [0.2, 0.25) is 0 Å². The summed E-state index contributed by atoms with van der Waals surface area (Å²) in [6.07, 6.45) is 3.15. The smallest absolute Gasteiger partial charge is 0.268 e. The molecule has 1 aliphatic carbocycles. The van der Waals surface area contributed by atoms with E-state index in [1.807, 2.05) is 54.6 Å². The quantitative estimate of drug-likeness (QED) is 0.414. The molecule has 5 nitrogen and oxygen atoms in total. The molecule has 0 aliphatic heterocycles. The third-order valence-corrected chi connectivity index (χ3v) is 6.76. The van der Waals surface area contributed by atoms with E-state index in [2.05, 4.69) is 18.3 Å². The predicted molar refractivity (Wildman–Crippen MR) is 126 cm³/mol. The van der Waals surface area contributed by atoms with Crippen molar-refractivity contribution in [1.29, 1.82) is 0 Å². The van der Waals surface area contributed by atoms with Crippen molar-refractivity contribution >= 4 is 38.8 Å². The van der Waals surface area contributed by atoms with Crippen molar-refractivity contribution in [1.82, 2.24) is 4.98 Å². The number of ether oxygens (including phenoxy) is 1. The lowest BCUT2D eigenvalue weighted by atomic mass is 9.87. The number of nitrogens with one attached hydrogen (secondary N) is 1. The summed E-state index contributed by atoms with van der Waals surface area (Å²) >= 11 is 1.35. The second kappa shape index (κ2) is 8.04. The van der Waals surface area contributed by atoms with E-state index >= 15 is 0 Å². The monoisotopic (exact) mass is 429 g/mol. The largest absolute Gasteiger partial charge is 0.455 e. The first kappa shape index (κ1) is 19.6. The fraction of sp³-hybridized carbons (Fsp3) is 0.200. The first-order chi connectivity index (χ1) is 15.1. The van der Waals surface area contributed by atoms with Crippen molar-refractivity contribution in [3.05, 3.63) is 76.8 Å². The van der Waals surface area contributed by atoms with E-state index < -0.39 is 0 Å². The molecule has 0 radical (unpaired) electrons. The van der Waals surface area contributed by atoms with E-state index in [9.17, 15) is 4.79 Å². The van der Waals surface area contributed by atoms with Crippen LogP contribution in [0.4, 0.5) is 11.4 Å². The minimum atomic E-state index is -0.254. The highest BCUT2D eigenvalue weighted by Gasteiger charge is 2.23. The summed E-state index contributed by atoms with van der Waals surface area (Å²) in [5, 5.41) is 3.84. The van der Waals surface area contributed by atoms with E-state index in [0.29, 0.717) is 33.7 Å². The Labute approximate surface area is 184 Å². The second-order valence-electron chi connectivity index (χ2n) is 8.01. The number of nitrogens with zero attached hydrogens (tertiary/aromatic N) is 1. The molecule has 1 atom stereocenters.